The van der Waals surface area contributed by atoms with Gasteiger partial charge in [-0.2, -0.15) is 0 Å². The summed E-state index contributed by atoms with van der Waals surface area (Å²) < 4.78 is 1.70. The highest BCUT2D eigenvalue weighted by atomic mass is 32.2. The van der Waals surface area contributed by atoms with Crippen molar-refractivity contribution in [2.45, 2.75) is 69.3 Å². The quantitative estimate of drug-likeness (QED) is 0.403. The lowest BCUT2D eigenvalue weighted by Gasteiger charge is -2.32. The number of likely N-dealkylation sites (tertiary alicyclic amines) is 1. The Morgan fingerprint density at radius 2 is 2.07 bits per heavy atom. The molecule has 1 saturated heterocycles. The van der Waals surface area contributed by atoms with Gasteiger partial charge in [0.1, 0.15) is 4.83 Å². The van der Waals surface area contributed by atoms with Crippen LogP contribution in [0.5, 0.6) is 0 Å². The summed E-state index contributed by atoms with van der Waals surface area (Å²) in [5.74, 6) is 0.834. The van der Waals surface area contributed by atoms with Crippen molar-refractivity contribution < 1.29 is 4.79 Å². The van der Waals surface area contributed by atoms with Crippen molar-refractivity contribution in [3.8, 4) is 0 Å². The van der Waals surface area contributed by atoms with Gasteiger partial charge in [-0.3, -0.25) is 14.2 Å². The van der Waals surface area contributed by atoms with Gasteiger partial charge in [0.25, 0.3) is 5.56 Å². The number of nitrogens with zero attached hydrogens (tertiary/aromatic N) is 3. The van der Waals surface area contributed by atoms with Gasteiger partial charge in [-0.15, -0.1) is 17.9 Å². The van der Waals surface area contributed by atoms with Crippen LogP contribution in [0, 0.1) is 5.92 Å². The number of piperidine rings is 1. The van der Waals surface area contributed by atoms with E-state index in [1.54, 1.807) is 22.0 Å². The zero-order valence-corrected chi connectivity index (χ0v) is 18.9. The maximum Gasteiger partial charge on any atom is 0.263 e. The minimum absolute atomic E-state index is 0.0169. The fourth-order valence-corrected chi connectivity index (χ4v) is 6.60. The fraction of sp³-hybridized carbons (Fsp3) is 0.591. The molecule has 1 unspecified atom stereocenters. The van der Waals surface area contributed by atoms with Crippen molar-refractivity contribution in [2.24, 2.45) is 5.92 Å². The van der Waals surface area contributed by atoms with Gasteiger partial charge < -0.3 is 4.90 Å². The van der Waals surface area contributed by atoms with E-state index in [0.29, 0.717) is 17.6 Å². The highest BCUT2D eigenvalue weighted by Crippen LogP contribution is 2.35. The molecule has 1 fully saturated rings. The summed E-state index contributed by atoms with van der Waals surface area (Å²) in [4.78, 5) is 35.3. The molecule has 0 spiro atoms. The van der Waals surface area contributed by atoms with Gasteiger partial charge in [0.15, 0.2) is 5.16 Å². The molecule has 0 bridgehead atoms. The van der Waals surface area contributed by atoms with Crippen LogP contribution >= 0.6 is 23.1 Å². The van der Waals surface area contributed by atoms with Crippen LogP contribution in [0.15, 0.2) is 22.6 Å². The van der Waals surface area contributed by atoms with Crippen LogP contribution in [0.1, 0.15) is 50.0 Å². The van der Waals surface area contributed by atoms with Gasteiger partial charge >= 0.3 is 0 Å². The lowest BCUT2D eigenvalue weighted by atomic mass is 9.97. The number of aryl methyl sites for hydroxylation is 2. The molecule has 2 aromatic rings. The molecule has 1 aliphatic heterocycles. The number of hydrogen-bond acceptors (Lipinski definition) is 5. The SMILES string of the molecule is C=CCn1c(SC(C)C(=O)N2CCC(C)CC2)nc2sc3c(c2c1=O)CCCC3. The minimum atomic E-state index is -0.265. The number of amides is 1. The van der Waals surface area contributed by atoms with Gasteiger partial charge in [-0.1, -0.05) is 24.8 Å². The van der Waals surface area contributed by atoms with Crippen LogP contribution in [0.25, 0.3) is 10.2 Å². The Morgan fingerprint density at radius 1 is 1.34 bits per heavy atom. The summed E-state index contributed by atoms with van der Waals surface area (Å²) >= 11 is 3.07. The molecule has 0 saturated carbocycles. The van der Waals surface area contributed by atoms with E-state index < -0.39 is 0 Å². The van der Waals surface area contributed by atoms with Crippen molar-refractivity contribution in [3.05, 3.63) is 33.4 Å². The predicted molar refractivity (Wildman–Crippen MR) is 121 cm³/mol. The van der Waals surface area contributed by atoms with Crippen molar-refractivity contribution >= 4 is 39.2 Å². The Kier molecular flexibility index (Phi) is 6.16. The summed E-state index contributed by atoms with van der Waals surface area (Å²) in [7, 11) is 0. The van der Waals surface area contributed by atoms with Crippen molar-refractivity contribution in [1.29, 1.82) is 0 Å². The molecule has 0 N–H and O–H groups in total. The molecular formula is C22H29N3O2S2. The predicted octanol–water partition coefficient (Wildman–Crippen LogP) is 4.26. The number of thioether (sulfide) groups is 1. The molecular weight excluding hydrogens is 402 g/mol. The molecule has 2 aromatic heterocycles. The van der Waals surface area contributed by atoms with Crippen molar-refractivity contribution in [2.75, 3.05) is 13.1 Å². The number of allylic oxidation sites excluding steroid dienone is 1. The average Bonchev–Trinajstić information content (AvgIpc) is 3.09. The Bertz CT molecular complexity index is 986. The largest absolute Gasteiger partial charge is 0.342 e. The third kappa shape index (κ3) is 4.04. The van der Waals surface area contributed by atoms with Crippen molar-refractivity contribution in [1.82, 2.24) is 14.5 Å². The van der Waals surface area contributed by atoms with E-state index in [0.717, 1.165) is 55.4 Å². The van der Waals surface area contributed by atoms with E-state index in [-0.39, 0.29) is 16.7 Å². The number of carbonyl (C=O) groups is 1. The second-order valence-electron chi connectivity index (χ2n) is 8.26. The Labute approximate surface area is 180 Å². The normalized spacial score (nSPS) is 18.6. The first kappa shape index (κ1) is 20.7. The van der Waals surface area contributed by atoms with Crippen LogP contribution in [0.2, 0.25) is 0 Å². The first-order valence-corrected chi connectivity index (χ1v) is 12.3. The molecule has 0 radical (unpaired) electrons. The summed E-state index contributed by atoms with van der Waals surface area (Å²) in [6, 6.07) is 0. The van der Waals surface area contributed by atoms with Crippen LogP contribution in [-0.2, 0) is 24.2 Å². The van der Waals surface area contributed by atoms with Crippen molar-refractivity contribution in [3.63, 3.8) is 0 Å². The number of aromatic nitrogens is 2. The molecule has 1 amide bonds. The van der Waals surface area contributed by atoms with Gasteiger partial charge in [0.05, 0.1) is 10.6 Å². The molecule has 1 aliphatic carbocycles. The summed E-state index contributed by atoms with van der Waals surface area (Å²) in [6.07, 6.45) is 8.19. The summed E-state index contributed by atoms with van der Waals surface area (Å²) in [5.41, 5.74) is 1.22. The zero-order valence-electron chi connectivity index (χ0n) is 17.3. The van der Waals surface area contributed by atoms with E-state index in [9.17, 15) is 9.59 Å². The molecule has 7 heteroatoms. The average molecular weight is 432 g/mol. The fourth-order valence-electron chi connectivity index (χ4n) is 4.29. The van der Waals surface area contributed by atoms with Crippen LogP contribution in [0.4, 0.5) is 0 Å². The molecule has 1 atom stereocenters. The highest BCUT2D eigenvalue weighted by Gasteiger charge is 2.28. The van der Waals surface area contributed by atoms with Gasteiger partial charge in [-0.05, 0) is 56.9 Å². The maximum atomic E-state index is 13.3. The Balaban J connectivity index is 1.65. The molecule has 0 aromatic carbocycles. The van der Waals surface area contributed by atoms with Crippen LogP contribution in [-0.4, -0.2) is 38.7 Å². The molecule has 2 aliphatic rings. The van der Waals surface area contributed by atoms with Gasteiger partial charge in [0.2, 0.25) is 5.91 Å². The first-order valence-electron chi connectivity index (χ1n) is 10.6. The van der Waals surface area contributed by atoms with E-state index in [2.05, 4.69) is 13.5 Å². The summed E-state index contributed by atoms with van der Waals surface area (Å²) in [5, 5.41) is 1.16. The topological polar surface area (TPSA) is 55.2 Å². The van der Waals surface area contributed by atoms with E-state index in [1.807, 2.05) is 11.8 Å². The Hall–Kier alpha value is -1.60. The monoisotopic (exact) mass is 431 g/mol. The molecule has 5 nitrogen and oxygen atoms in total. The number of carbonyl (C=O) groups excluding carboxylic acids is 1. The van der Waals surface area contributed by atoms with Gasteiger partial charge in [0, 0.05) is 24.5 Å². The van der Waals surface area contributed by atoms with E-state index in [1.165, 1.54) is 28.6 Å². The molecule has 156 valence electrons. The molecule has 3 heterocycles. The third-order valence-corrected chi connectivity index (χ3v) is 8.34. The third-order valence-electron chi connectivity index (χ3n) is 6.08. The number of hydrogen-bond donors (Lipinski definition) is 0. The highest BCUT2D eigenvalue weighted by molar-refractivity contribution is 8.00. The number of rotatable bonds is 5. The van der Waals surface area contributed by atoms with E-state index >= 15 is 0 Å². The second kappa shape index (κ2) is 8.64. The van der Waals surface area contributed by atoms with Crippen LogP contribution in [0.3, 0.4) is 0 Å². The number of thiophene rings is 1. The van der Waals surface area contributed by atoms with Crippen LogP contribution < -0.4 is 5.56 Å². The number of fused-ring (bicyclic) bond motifs is 3. The first-order chi connectivity index (χ1) is 14.0. The lowest BCUT2D eigenvalue weighted by molar-refractivity contribution is -0.131. The lowest BCUT2D eigenvalue weighted by Crippen LogP contribution is -2.42. The van der Waals surface area contributed by atoms with E-state index in [4.69, 9.17) is 4.98 Å². The maximum absolute atomic E-state index is 13.3. The standard InChI is InChI=1S/C22H29N3O2S2/c1-4-11-25-21(27)18-16-7-5-6-8-17(16)29-19(18)23-22(25)28-15(3)20(26)24-12-9-14(2)10-13-24/h4,14-15H,1,5-13H2,2-3H3. The second-order valence-corrected chi connectivity index (χ2v) is 10.6. The minimum Gasteiger partial charge on any atom is -0.342 e. The van der Waals surface area contributed by atoms with Gasteiger partial charge in [-0.25, -0.2) is 4.98 Å². The Morgan fingerprint density at radius 3 is 2.79 bits per heavy atom. The summed E-state index contributed by atoms with van der Waals surface area (Å²) in [6.45, 7) is 10.1. The smallest absolute Gasteiger partial charge is 0.263 e. The molecule has 29 heavy (non-hydrogen) atoms. The molecule has 4 rings (SSSR count). The zero-order chi connectivity index (χ0) is 20.5.